The number of halogens is 1. The molecule has 1 aromatic carbocycles. The summed E-state index contributed by atoms with van der Waals surface area (Å²) in [5.41, 5.74) is 0. The van der Waals surface area contributed by atoms with Crippen molar-refractivity contribution in [2.24, 2.45) is 4.99 Å². The molecule has 6 heteroatoms. The SMILES string of the molecule is CN=C(NCC(C)c1cccs1)N1CCC(Oc2ccccc2)CC1.I. The molecule has 0 spiro atoms. The molecule has 4 nitrogen and oxygen atoms in total. The Morgan fingerprint density at radius 3 is 2.58 bits per heavy atom. The summed E-state index contributed by atoms with van der Waals surface area (Å²) in [6.07, 6.45) is 2.34. The second-order valence-corrected chi connectivity index (χ2v) is 7.44. The van der Waals surface area contributed by atoms with E-state index >= 15 is 0 Å². The summed E-state index contributed by atoms with van der Waals surface area (Å²) in [6, 6.07) is 14.4. The second kappa shape index (κ2) is 10.8. The molecule has 1 N–H and O–H groups in total. The van der Waals surface area contributed by atoms with E-state index < -0.39 is 0 Å². The number of nitrogens with zero attached hydrogens (tertiary/aromatic N) is 2. The van der Waals surface area contributed by atoms with Crippen LogP contribution in [0.5, 0.6) is 5.75 Å². The number of hydrogen-bond acceptors (Lipinski definition) is 3. The van der Waals surface area contributed by atoms with Crippen molar-refractivity contribution in [2.45, 2.75) is 31.8 Å². The highest BCUT2D eigenvalue weighted by molar-refractivity contribution is 14.0. The number of para-hydroxylation sites is 1. The van der Waals surface area contributed by atoms with E-state index in [4.69, 9.17) is 4.74 Å². The van der Waals surface area contributed by atoms with Gasteiger partial charge < -0.3 is 15.0 Å². The molecule has 1 saturated heterocycles. The minimum atomic E-state index is 0. The van der Waals surface area contributed by atoms with Crippen LogP contribution in [0.15, 0.2) is 52.8 Å². The average molecular weight is 485 g/mol. The molecule has 1 aliphatic heterocycles. The Kier molecular flexibility index (Phi) is 8.71. The molecule has 1 atom stereocenters. The van der Waals surface area contributed by atoms with Crippen LogP contribution >= 0.6 is 35.3 Å². The van der Waals surface area contributed by atoms with Gasteiger partial charge in [-0.15, -0.1) is 35.3 Å². The van der Waals surface area contributed by atoms with Crippen LogP contribution in [0, 0.1) is 0 Å². The maximum atomic E-state index is 6.08. The van der Waals surface area contributed by atoms with E-state index in [-0.39, 0.29) is 24.0 Å². The number of ether oxygens (including phenoxy) is 1. The van der Waals surface area contributed by atoms with Crippen molar-refractivity contribution in [3.63, 3.8) is 0 Å². The highest BCUT2D eigenvalue weighted by Crippen LogP contribution is 2.21. The molecule has 2 aromatic rings. The number of nitrogens with one attached hydrogen (secondary N) is 1. The summed E-state index contributed by atoms with van der Waals surface area (Å²) in [5.74, 6) is 2.46. The Bertz CT molecular complexity index is 655. The summed E-state index contributed by atoms with van der Waals surface area (Å²) in [7, 11) is 1.87. The van der Waals surface area contributed by atoms with Gasteiger partial charge in [-0.3, -0.25) is 4.99 Å². The van der Waals surface area contributed by atoms with Crippen molar-refractivity contribution in [3.05, 3.63) is 52.7 Å². The standard InChI is InChI=1S/C20H27N3OS.HI/c1-16(19-9-6-14-25-19)15-22-20(21-2)23-12-10-18(11-13-23)24-17-7-4-3-5-8-17;/h3-9,14,16,18H,10-13,15H2,1-2H3,(H,21,22);1H. The van der Waals surface area contributed by atoms with Gasteiger partial charge in [-0.25, -0.2) is 0 Å². The quantitative estimate of drug-likeness (QED) is 0.383. The van der Waals surface area contributed by atoms with Crippen molar-refractivity contribution in [2.75, 3.05) is 26.7 Å². The Hall–Kier alpha value is -1.28. The van der Waals surface area contributed by atoms with Crippen LogP contribution in [-0.4, -0.2) is 43.6 Å². The first-order chi connectivity index (χ1) is 12.3. The molecule has 2 heterocycles. The number of piperidine rings is 1. The average Bonchev–Trinajstić information content (AvgIpc) is 3.19. The number of hydrogen-bond donors (Lipinski definition) is 1. The lowest BCUT2D eigenvalue weighted by molar-refractivity contribution is 0.129. The molecule has 3 rings (SSSR count). The summed E-state index contributed by atoms with van der Waals surface area (Å²) >= 11 is 1.82. The van der Waals surface area contributed by atoms with Crippen LogP contribution in [0.2, 0.25) is 0 Å². The van der Waals surface area contributed by atoms with Crippen molar-refractivity contribution >= 4 is 41.3 Å². The molecule has 0 bridgehead atoms. The van der Waals surface area contributed by atoms with Gasteiger partial charge in [-0.2, -0.15) is 0 Å². The Morgan fingerprint density at radius 1 is 1.23 bits per heavy atom. The van der Waals surface area contributed by atoms with Gasteiger partial charge >= 0.3 is 0 Å². The van der Waals surface area contributed by atoms with Gasteiger partial charge in [0.2, 0.25) is 0 Å². The van der Waals surface area contributed by atoms with Crippen LogP contribution in [0.1, 0.15) is 30.6 Å². The van der Waals surface area contributed by atoms with Crippen molar-refractivity contribution in [3.8, 4) is 5.75 Å². The van der Waals surface area contributed by atoms with Gasteiger partial charge in [0.05, 0.1) is 0 Å². The lowest BCUT2D eigenvalue weighted by Crippen LogP contribution is -2.48. The number of aliphatic imine (C=N–C) groups is 1. The van der Waals surface area contributed by atoms with Gasteiger partial charge in [0.1, 0.15) is 11.9 Å². The molecular formula is C20H28IN3OS. The lowest BCUT2D eigenvalue weighted by atomic mass is 10.1. The fourth-order valence-corrected chi connectivity index (χ4v) is 3.91. The highest BCUT2D eigenvalue weighted by atomic mass is 127. The Balaban J connectivity index is 0.00000243. The largest absolute Gasteiger partial charge is 0.490 e. The van der Waals surface area contributed by atoms with Crippen molar-refractivity contribution in [1.82, 2.24) is 10.2 Å². The van der Waals surface area contributed by atoms with Crippen LogP contribution in [0.25, 0.3) is 0 Å². The molecule has 1 aliphatic rings. The fraction of sp³-hybridized carbons (Fsp3) is 0.450. The van der Waals surface area contributed by atoms with E-state index in [9.17, 15) is 0 Å². The van der Waals surface area contributed by atoms with E-state index in [0.29, 0.717) is 12.0 Å². The minimum absolute atomic E-state index is 0. The molecule has 26 heavy (non-hydrogen) atoms. The molecule has 1 fully saturated rings. The normalized spacial score (nSPS) is 16.7. The van der Waals surface area contributed by atoms with Gasteiger partial charge in [0, 0.05) is 50.3 Å². The maximum Gasteiger partial charge on any atom is 0.193 e. The molecule has 142 valence electrons. The van der Waals surface area contributed by atoms with E-state index in [1.165, 1.54) is 4.88 Å². The zero-order valence-electron chi connectivity index (χ0n) is 15.4. The Labute approximate surface area is 177 Å². The summed E-state index contributed by atoms with van der Waals surface area (Å²) in [5, 5.41) is 5.67. The third kappa shape index (κ3) is 5.87. The minimum Gasteiger partial charge on any atom is -0.490 e. The van der Waals surface area contributed by atoms with Gasteiger partial charge in [0.25, 0.3) is 0 Å². The molecule has 1 unspecified atom stereocenters. The zero-order chi connectivity index (χ0) is 17.5. The van der Waals surface area contributed by atoms with Crippen LogP contribution in [-0.2, 0) is 0 Å². The highest BCUT2D eigenvalue weighted by Gasteiger charge is 2.23. The van der Waals surface area contributed by atoms with E-state index in [1.54, 1.807) is 0 Å². The van der Waals surface area contributed by atoms with E-state index in [0.717, 1.165) is 44.2 Å². The zero-order valence-corrected chi connectivity index (χ0v) is 18.6. The molecule has 0 amide bonds. The van der Waals surface area contributed by atoms with Gasteiger partial charge in [-0.05, 0) is 23.6 Å². The Morgan fingerprint density at radius 2 is 1.96 bits per heavy atom. The summed E-state index contributed by atoms with van der Waals surface area (Å²) in [6.45, 7) is 5.12. The van der Waals surface area contributed by atoms with E-state index in [2.05, 4.69) is 39.6 Å². The monoisotopic (exact) mass is 485 g/mol. The van der Waals surface area contributed by atoms with Gasteiger partial charge in [0.15, 0.2) is 5.96 Å². The first-order valence-electron chi connectivity index (χ1n) is 8.97. The number of guanidine groups is 1. The third-order valence-electron chi connectivity index (χ3n) is 4.59. The first kappa shape index (κ1) is 21.0. The molecule has 0 radical (unpaired) electrons. The van der Waals surface area contributed by atoms with Crippen molar-refractivity contribution < 1.29 is 4.74 Å². The van der Waals surface area contributed by atoms with Crippen LogP contribution in [0.3, 0.4) is 0 Å². The topological polar surface area (TPSA) is 36.9 Å². The number of benzene rings is 1. The first-order valence-corrected chi connectivity index (χ1v) is 9.85. The lowest BCUT2D eigenvalue weighted by Gasteiger charge is -2.34. The summed E-state index contributed by atoms with van der Waals surface area (Å²) in [4.78, 5) is 8.22. The summed E-state index contributed by atoms with van der Waals surface area (Å²) < 4.78 is 6.08. The smallest absolute Gasteiger partial charge is 0.193 e. The van der Waals surface area contributed by atoms with E-state index in [1.807, 2.05) is 48.7 Å². The third-order valence-corrected chi connectivity index (χ3v) is 5.70. The molecule has 0 aliphatic carbocycles. The number of rotatable bonds is 5. The van der Waals surface area contributed by atoms with Crippen LogP contribution in [0.4, 0.5) is 0 Å². The predicted octanol–water partition coefficient (Wildman–Crippen LogP) is 4.59. The molecular weight excluding hydrogens is 457 g/mol. The fourth-order valence-electron chi connectivity index (χ4n) is 3.13. The van der Waals surface area contributed by atoms with Crippen molar-refractivity contribution in [1.29, 1.82) is 0 Å². The molecule has 1 aromatic heterocycles. The van der Waals surface area contributed by atoms with Gasteiger partial charge in [-0.1, -0.05) is 31.2 Å². The maximum absolute atomic E-state index is 6.08. The number of likely N-dealkylation sites (tertiary alicyclic amines) is 1. The van der Waals surface area contributed by atoms with Crippen LogP contribution < -0.4 is 10.1 Å². The second-order valence-electron chi connectivity index (χ2n) is 6.46. The molecule has 0 saturated carbocycles. The number of thiophene rings is 1. The predicted molar refractivity (Wildman–Crippen MR) is 121 cm³/mol.